The van der Waals surface area contributed by atoms with E-state index in [1.165, 1.54) is 47.6 Å². The molecule has 76 heavy (non-hydrogen) atoms. The second-order valence-corrected chi connectivity index (χ2v) is 18.7. The molecular weight excluding hydrogens is 994 g/mol. The number of aromatic hydroxyl groups is 1. The van der Waals surface area contributed by atoms with Crippen LogP contribution in [0.4, 0.5) is 14.9 Å². The fourth-order valence-electron chi connectivity index (χ4n) is 7.66. The van der Waals surface area contributed by atoms with Crippen molar-refractivity contribution < 1.29 is 72.0 Å². The first-order valence-electron chi connectivity index (χ1n) is 23.8. The van der Waals surface area contributed by atoms with Crippen molar-refractivity contribution in [1.82, 2.24) is 31.5 Å². The molecule has 4 rings (SSSR count). The summed E-state index contributed by atoms with van der Waals surface area (Å²) in [6, 6.07) is 9.84. The van der Waals surface area contributed by atoms with Crippen molar-refractivity contribution in [1.29, 1.82) is 0 Å². The number of ether oxygens (including phenoxy) is 5. The second kappa shape index (κ2) is 27.2. The van der Waals surface area contributed by atoms with Gasteiger partial charge in [-0.05, 0) is 97.8 Å². The van der Waals surface area contributed by atoms with Crippen LogP contribution in [0.15, 0.2) is 91.5 Å². The van der Waals surface area contributed by atoms with Crippen LogP contribution in [0.1, 0.15) is 87.9 Å². The molecule has 0 spiro atoms. The van der Waals surface area contributed by atoms with E-state index in [9.17, 15) is 53.5 Å². The Morgan fingerprint density at radius 1 is 0.789 bits per heavy atom. The molecule has 0 saturated heterocycles. The Hall–Kier alpha value is -8.47. The number of likely N-dealkylation sites (N-methyl/N-ethyl adjacent to an activating group) is 2. The van der Waals surface area contributed by atoms with E-state index in [0.717, 1.165) is 17.0 Å². The Labute approximate surface area is 439 Å². The third-order valence-corrected chi connectivity index (χ3v) is 11.5. The number of phenolic OH excluding ortho intramolecular Hbond substituents is 1. The Morgan fingerprint density at radius 2 is 1.37 bits per heavy atom. The Balaban J connectivity index is 1.89. The van der Waals surface area contributed by atoms with Gasteiger partial charge in [-0.3, -0.25) is 39.0 Å². The molecule has 0 saturated carbocycles. The number of nitrogens with one attached hydrogen (secondary N) is 5. The number of amides is 6. The standard InChI is InChI=1S/C53H66FN7O15/c1-12-23-75-47-40(62)26-33(27-41(47)74-11)44(50(67)55-7)58-48(65)37(28-42(63)57-43(30-13-18-34(72-9)19-14-30)31-15-20-35(73-10)21-16-31)56-51(68)45(46(64)32-17-22-36(54)38(25-32)61(70)71)59-49(66)39(24-29(2)3)60(8)52(69)76-53(4,5)6/h12-22,25-27,29,37,39,43-46,62,64H,1,23-24,28H2,2-11H3,(H,55,67)(H,56,68)(H,57,63)(H,58,65)(H,59,66)/t37-,39+,44+,45+,46+/m0/s1. The van der Waals surface area contributed by atoms with Crippen LogP contribution in [-0.4, -0.2) is 121 Å². The lowest BCUT2D eigenvalue weighted by Crippen LogP contribution is -2.59. The summed E-state index contributed by atoms with van der Waals surface area (Å²) < 4.78 is 41.8. The van der Waals surface area contributed by atoms with Crippen molar-refractivity contribution in [3.05, 3.63) is 130 Å². The smallest absolute Gasteiger partial charge is 0.410 e. The highest BCUT2D eigenvalue weighted by atomic mass is 19.1. The highest BCUT2D eigenvalue weighted by Crippen LogP contribution is 2.40. The van der Waals surface area contributed by atoms with Crippen LogP contribution in [0.3, 0.4) is 0 Å². The van der Waals surface area contributed by atoms with Crippen molar-refractivity contribution in [3.8, 4) is 28.7 Å². The van der Waals surface area contributed by atoms with Gasteiger partial charge in [0, 0.05) is 20.2 Å². The molecule has 0 unspecified atom stereocenters. The molecule has 23 heteroatoms. The van der Waals surface area contributed by atoms with E-state index in [4.69, 9.17) is 23.7 Å². The number of hydrogen-bond acceptors (Lipinski definition) is 15. The Morgan fingerprint density at radius 3 is 1.87 bits per heavy atom. The number of halogens is 1. The van der Waals surface area contributed by atoms with Gasteiger partial charge in [-0.15, -0.1) is 0 Å². The van der Waals surface area contributed by atoms with Gasteiger partial charge >= 0.3 is 11.8 Å². The van der Waals surface area contributed by atoms with Crippen LogP contribution in [0.5, 0.6) is 28.7 Å². The number of aliphatic hydroxyl groups is 1. The zero-order valence-corrected chi connectivity index (χ0v) is 43.9. The molecule has 22 nitrogen and oxygen atoms in total. The topological polar surface area (TPSA) is 296 Å². The quantitative estimate of drug-likeness (QED) is 0.0255. The van der Waals surface area contributed by atoms with E-state index in [1.54, 1.807) is 83.1 Å². The minimum atomic E-state index is -2.24. The van der Waals surface area contributed by atoms with E-state index in [0.29, 0.717) is 34.8 Å². The van der Waals surface area contributed by atoms with E-state index in [-0.39, 0.29) is 36.0 Å². The fourth-order valence-corrected chi connectivity index (χ4v) is 7.66. The number of carbonyl (C=O) groups is 6. The molecule has 4 aromatic rings. The number of hydrogen-bond donors (Lipinski definition) is 7. The fraction of sp³-hybridized carbons (Fsp3) is 0.396. The van der Waals surface area contributed by atoms with Gasteiger partial charge in [0.1, 0.15) is 54.0 Å². The zero-order chi connectivity index (χ0) is 56.6. The van der Waals surface area contributed by atoms with Gasteiger partial charge < -0.3 is 60.5 Å². The van der Waals surface area contributed by atoms with Gasteiger partial charge in [0.25, 0.3) is 0 Å². The molecular formula is C53H66FN7O15. The Kier molecular flexibility index (Phi) is 21.5. The number of phenols is 1. The molecule has 5 atom stereocenters. The van der Waals surface area contributed by atoms with Gasteiger partial charge in [-0.2, -0.15) is 4.39 Å². The molecule has 0 heterocycles. The average molecular weight is 1060 g/mol. The maximum absolute atomic E-state index is 14.9. The summed E-state index contributed by atoms with van der Waals surface area (Å²) in [6.07, 6.45) is -2.68. The molecule has 0 fully saturated rings. The molecule has 410 valence electrons. The second-order valence-electron chi connectivity index (χ2n) is 18.7. The summed E-state index contributed by atoms with van der Waals surface area (Å²) >= 11 is 0. The zero-order valence-electron chi connectivity index (χ0n) is 43.9. The van der Waals surface area contributed by atoms with Gasteiger partial charge in [-0.25, -0.2) is 4.79 Å². The molecule has 7 N–H and O–H groups in total. The minimum Gasteiger partial charge on any atom is -0.504 e. The van der Waals surface area contributed by atoms with Gasteiger partial charge in [-0.1, -0.05) is 56.8 Å². The van der Waals surface area contributed by atoms with Gasteiger partial charge in [0.15, 0.2) is 11.5 Å². The largest absolute Gasteiger partial charge is 0.504 e. The van der Waals surface area contributed by atoms with Crippen LogP contribution in [-0.2, 0) is 28.7 Å². The average Bonchev–Trinajstić information content (AvgIpc) is 3.38. The highest BCUT2D eigenvalue weighted by Gasteiger charge is 2.39. The maximum atomic E-state index is 14.9. The number of aliphatic hydroxyl groups excluding tert-OH is 1. The monoisotopic (exact) mass is 1060 g/mol. The molecule has 6 amide bonds. The predicted octanol–water partition coefficient (Wildman–Crippen LogP) is 5.21. The molecule has 0 radical (unpaired) electrons. The summed E-state index contributed by atoms with van der Waals surface area (Å²) in [7, 11) is 6.75. The number of benzene rings is 4. The van der Waals surface area contributed by atoms with Crippen LogP contribution in [0, 0.1) is 21.8 Å². The van der Waals surface area contributed by atoms with Crippen molar-refractivity contribution in [3.63, 3.8) is 0 Å². The number of nitro benzene ring substituents is 1. The number of carbonyl (C=O) groups excluding carboxylic acids is 6. The minimum absolute atomic E-state index is 0.0224. The van der Waals surface area contributed by atoms with Crippen LogP contribution in [0.25, 0.3) is 0 Å². The molecule has 0 aliphatic carbocycles. The number of nitro groups is 1. The third kappa shape index (κ3) is 16.3. The van der Waals surface area contributed by atoms with Crippen LogP contribution < -0.4 is 45.5 Å². The van der Waals surface area contributed by atoms with E-state index < -0.39 is 112 Å². The lowest BCUT2D eigenvalue weighted by molar-refractivity contribution is -0.387. The SMILES string of the molecule is C=CCOc1c(O)cc([C@@H](NC(=O)[C@H](CC(=O)NC(c2ccc(OC)cc2)c2ccc(OC)cc2)NC(=O)[C@H](NC(=O)[C@@H](CC(C)C)N(C)C(=O)OC(C)(C)C)[C@H](O)c2ccc(F)c([N+](=O)[O-])c2)C(=O)NC)cc1OC. The summed E-state index contributed by atoms with van der Waals surface area (Å²) in [4.78, 5) is 97.4. The highest BCUT2D eigenvalue weighted by molar-refractivity contribution is 5.98. The van der Waals surface area contributed by atoms with Gasteiger partial charge in [0.05, 0.1) is 38.7 Å². The summed E-state index contributed by atoms with van der Waals surface area (Å²) in [5.41, 5.74) is -1.51. The van der Waals surface area contributed by atoms with Gasteiger partial charge in [0.2, 0.25) is 41.1 Å². The van der Waals surface area contributed by atoms with E-state index in [1.807, 2.05) is 0 Å². The van der Waals surface area contributed by atoms with Crippen molar-refractivity contribution in [2.45, 2.75) is 89.4 Å². The molecule has 0 aromatic heterocycles. The maximum Gasteiger partial charge on any atom is 0.410 e. The third-order valence-electron chi connectivity index (χ3n) is 11.5. The lowest BCUT2D eigenvalue weighted by atomic mass is 9.97. The first-order chi connectivity index (χ1) is 35.9. The summed E-state index contributed by atoms with van der Waals surface area (Å²) in [6.45, 7) is 11.8. The molecule has 4 aromatic carbocycles. The number of rotatable bonds is 25. The molecule has 0 bridgehead atoms. The number of methoxy groups -OCH3 is 3. The predicted molar refractivity (Wildman–Crippen MR) is 275 cm³/mol. The Bertz CT molecular complexity index is 2670. The first-order valence-corrected chi connectivity index (χ1v) is 23.8. The summed E-state index contributed by atoms with van der Waals surface area (Å²) in [5.74, 6) is -6.57. The lowest BCUT2D eigenvalue weighted by Gasteiger charge is -2.33. The molecule has 0 aliphatic heterocycles. The normalized spacial score (nSPS) is 13.1. The van der Waals surface area contributed by atoms with Crippen molar-refractivity contribution >= 4 is 41.3 Å². The number of nitrogens with zero attached hydrogens (tertiary/aromatic N) is 2. The van der Waals surface area contributed by atoms with Crippen molar-refractivity contribution in [2.24, 2.45) is 5.92 Å². The van der Waals surface area contributed by atoms with Crippen molar-refractivity contribution in [2.75, 3.05) is 42.0 Å². The van der Waals surface area contributed by atoms with Crippen LogP contribution in [0.2, 0.25) is 0 Å². The van der Waals surface area contributed by atoms with E-state index >= 15 is 0 Å². The summed E-state index contributed by atoms with van der Waals surface area (Å²) in [5, 5.41) is 47.5. The van der Waals surface area contributed by atoms with Crippen LogP contribution >= 0.6 is 0 Å². The molecule has 0 aliphatic rings. The first kappa shape index (κ1) is 60.1. The van der Waals surface area contributed by atoms with E-state index in [2.05, 4.69) is 33.2 Å².